The molecule has 14 heavy (non-hydrogen) atoms. The van der Waals surface area contributed by atoms with Crippen LogP contribution in [0.5, 0.6) is 0 Å². The van der Waals surface area contributed by atoms with Gasteiger partial charge >= 0.3 is 0 Å². The molecule has 0 aliphatic heterocycles. The molecule has 0 radical (unpaired) electrons. The third kappa shape index (κ3) is 3.17. The molecular formula is C12H21NO. The number of nitrogens with zero attached hydrogens (tertiary/aromatic N) is 1. The second-order valence-corrected chi connectivity index (χ2v) is 5.34. The van der Waals surface area contributed by atoms with Crippen molar-refractivity contribution in [3.05, 3.63) is 11.6 Å². The Labute approximate surface area is 87.0 Å². The second-order valence-electron chi connectivity index (χ2n) is 5.34. The van der Waals surface area contributed by atoms with E-state index in [0.29, 0.717) is 0 Å². The maximum Gasteiger partial charge on any atom is 0.249 e. The number of rotatable bonds is 2. The van der Waals surface area contributed by atoms with Gasteiger partial charge in [0.15, 0.2) is 0 Å². The maximum atomic E-state index is 11.9. The summed E-state index contributed by atoms with van der Waals surface area (Å²) in [6, 6.07) is 0. The van der Waals surface area contributed by atoms with Gasteiger partial charge in [0.25, 0.3) is 0 Å². The Balaban J connectivity index is 2.52. The van der Waals surface area contributed by atoms with Gasteiger partial charge in [0.05, 0.1) is 0 Å². The van der Waals surface area contributed by atoms with Crippen LogP contribution >= 0.6 is 0 Å². The van der Waals surface area contributed by atoms with E-state index in [-0.39, 0.29) is 11.3 Å². The van der Waals surface area contributed by atoms with Crippen LogP contribution in [0.2, 0.25) is 0 Å². The lowest BCUT2D eigenvalue weighted by molar-refractivity contribution is -0.127. The first kappa shape index (κ1) is 11.3. The van der Waals surface area contributed by atoms with E-state index < -0.39 is 0 Å². The van der Waals surface area contributed by atoms with Crippen molar-refractivity contribution in [1.82, 2.24) is 4.90 Å². The first-order valence-electron chi connectivity index (χ1n) is 5.35. The quantitative estimate of drug-likeness (QED) is 0.663. The van der Waals surface area contributed by atoms with E-state index in [1.165, 1.54) is 0 Å². The minimum atomic E-state index is 0.184. The van der Waals surface area contributed by atoms with E-state index in [9.17, 15) is 4.79 Å². The van der Waals surface area contributed by atoms with Crippen LogP contribution in [0.4, 0.5) is 0 Å². The molecule has 0 spiro atoms. The molecule has 2 heteroatoms. The Morgan fingerprint density at radius 2 is 2.14 bits per heavy atom. The number of likely N-dealkylation sites (N-methyl/N-ethyl adjacent to an activating group) is 1. The van der Waals surface area contributed by atoms with Gasteiger partial charge in [-0.3, -0.25) is 4.79 Å². The van der Waals surface area contributed by atoms with Crippen molar-refractivity contribution in [3.63, 3.8) is 0 Å². The molecule has 0 aromatic heterocycles. The summed E-state index contributed by atoms with van der Waals surface area (Å²) < 4.78 is 0. The summed E-state index contributed by atoms with van der Waals surface area (Å²) in [4.78, 5) is 13.7. The highest BCUT2D eigenvalue weighted by Crippen LogP contribution is 2.21. The van der Waals surface area contributed by atoms with Crippen molar-refractivity contribution in [2.45, 2.75) is 40.0 Å². The lowest BCUT2D eigenvalue weighted by atomic mass is 9.96. The molecule has 0 fully saturated rings. The summed E-state index contributed by atoms with van der Waals surface area (Å²) in [6.45, 7) is 7.28. The van der Waals surface area contributed by atoms with Crippen LogP contribution in [0.15, 0.2) is 11.6 Å². The molecule has 0 bridgehead atoms. The number of hydrogen-bond donors (Lipinski definition) is 0. The molecular weight excluding hydrogens is 174 g/mol. The standard InChI is InChI=1S/C12H21NO/c1-12(2,3)9-13(4)11(14)10-7-5-6-8-10/h7H,5-6,8-9H2,1-4H3. The van der Waals surface area contributed by atoms with Gasteiger partial charge in [-0.25, -0.2) is 0 Å². The molecule has 0 heterocycles. The fraction of sp³-hybridized carbons (Fsp3) is 0.750. The lowest BCUT2D eigenvalue weighted by Gasteiger charge is -2.27. The molecule has 1 rings (SSSR count). The number of amides is 1. The molecule has 2 nitrogen and oxygen atoms in total. The molecule has 1 aliphatic rings. The van der Waals surface area contributed by atoms with E-state index in [1.54, 1.807) is 0 Å². The molecule has 0 saturated carbocycles. The highest BCUT2D eigenvalue weighted by molar-refractivity contribution is 5.93. The summed E-state index contributed by atoms with van der Waals surface area (Å²) in [7, 11) is 1.90. The highest BCUT2D eigenvalue weighted by atomic mass is 16.2. The van der Waals surface area contributed by atoms with E-state index in [4.69, 9.17) is 0 Å². The Morgan fingerprint density at radius 1 is 1.50 bits per heavy atom. The Morgan fingerprint density at radius 3 is 2.57 bits per heavy atom. The van der Waals surface area contributed by atoms with Crippen molar-refractivity contribution >= 4 is 5.91 Å². The van der Waals surface area contributed by atoms with Gasteiger partial charge in [0.1, 0.15) is 0 Å². The number of carbonyl (C=O) groups is 1. The van der Waals surface area contributed by atoms with Gasteiger partial charge in [-0.1, -0.05) is 26.8 Å². The van der Waals surface area contributed by atoms with Gasteiger partial charge in [0.2, 0.25) is 5.91 Å². The molecule has 0 aromatic rings. The van der Waals surface area contributed by atoms with Crippen LogP contribution in [-0.4, -0.2) is 24.4 Å². The highest BCUT2D eigenvalue weighted by Gasteiger charge is 2.21. The molecule has 0 aromatic carbocycles. The summed E-state index contributed by atoms with van der Waals surface area (Å²) in [5.74, 6) is 0.220. The van der Waals surface area contributed by atoms with Crippen LogP contribution in [0.1, 0.15) is 40.0 Å². The molecule has 0 unspecified atom stereocenters. The summed E-state index contributed by atoms with van der Waals surface area (Å²) >= 11 is 0. The molecule has 1 aliphatic carbocycles. The molecule has 0 saturated heterocycles. The van der Waals surface area contributed by atoms with Crippen LogP contribution in [0.3, 0.4) is 0 Å². The van der Waals surface area contributed by atoms with Crippen molar-refractivity contribution in [2.24, 2.45) is 5.41 Å². The minimum Gasteiger partial charge on any atom is -0.341 e. The first-order valence-corrected chi connectivity index (χ1v) is 5.35. The Hall–Kier alpha value is -0.790. The SMILES string of the molecule is CN(CC(C)(C)C)C(=O)C1=CCCC1. The first-order chi connectivity index (χ1) is 6.40. The average Bonchev–Trinajstić information content (AvgIpc) is 2.51. The average molecular weight is 195 g/mol. The van der Waals surface area contributed by atoms with Gasteiger partial charge in [-0.2, -0.15) is 0 Å². The summed E-state index contributed by atoms with van der Waals surface area (Å²) in [5.41, 5.74) is 1.19. The zero-order valence-corrected chi connectivity index (χ0v) is 9.76. The van der Waals surface area contributed by atoms with Crippen LogP contribution in [0, 0.1) is 5.41 Å². The van der Waals surface area contributed by atoms with Crippen molar-refractivity contribution in [2.75, 3.05) is 13.6 Å². The fourth-order valence-electron chi connectivity index (χ4n) is 1.89. The normalized spacial score (nSPS) is 16.7. The van der Waals surface area contributed by atoms with Crippen LogP contribution in [-0.2, 0) is 4.79 Å². The number of allylic oxidation sites excluding steroid dienone is 1. The Kier molecular flexibility index (Phi) is 3.35. The van der Waals surface area contributed by atoms with E-state index in [0.717, 1.165) is 31.4 Å². The van der Waals surface area contributed by atoms with E-state index in [2.05, 4.69) is 26.8 Å². The predicted molar refractivity (Wildman–Crippen MR) is 59.0 cm³/mol. The fourth-order valence-corrected chi connectivity index (χ4v) is 1.89. The largest absolute Gasteiger partial charge is 0.341 e. The summed E-state index contributed by atoms with van der Waals surface area (Å²) in [5, 5.41) is 0. The van der Waals surface area contributed by atoms with Gasteiger partial charge in [0, 0.05) is 19.2 Å². The van der Waals surface area contributed by atoms with Gasteiger partial charge in [-0.15, -0.1) is 0 Å². The van der Waals surface area contributed by atoms with Crippen molar-refractivity contribution < 1.29 is 4.79 Å². The minimum absolute atomic E-state index is 0.184. The van der Waals surface area contributed by atoms with E-state index >= 15 is 0 Å². The van der Waals surface area contributed by atoms with Crippen LogP contribution in [0.25, 0.3) is 0 Å². The van der Waals surface area contributed by atoms with E-state index in [1.807, 2.05) is 11.9 Å². The topological polar surface area (TPSA) is 20.3 Å². The zero-order valence-electron chi connectivity index (χ0n) is 9.76. The number of hydrogen-bond acceptors (Lipinski definition) is 1. The maximum absolute atomic E-state index is 11.9. The third-order valence-corrected chi connectivity index (χ3v) is 2.37. The molecule has 80 valence electrons. The predicted octanol–water partition coefficient (Wildman–Crippen LogP) is 2.60. The third-order valence-electron chi connectivity index (χ3n) is 2.37. The Bertz CT molecular complexity index is 248. The second kappa shape index (κ2) is 4.16. The summed E-state index contributed by atoms with van der Waals surface area (Å²) in [6.07, 6.45) is 5.27. The number of carbonyl (C=O) groups excluding carboxylic acids is 1. The van der Waals surface area contributed by atoms with Crippen LogP contribution < -0.4 is 0 Å². The lowest BCUT2D eigenvalue weighted by Crippen LogP contribution is -2.35. The van der Waals surface area contributed by atoms with Gasteiger partial charge in [-0.05, 0) is 24.7 Å². The van der Waals surface area contributed by atoms with Crippen molar-refractivity contribution in [3.8, 4) is 0 Å². The zero-order chi connectivity index (χ0) is 10.8. The van der Waals surface area contributed by atoms with Crippen molar-refractivity contribution in [1.29, 1.82) is 0 Å². The monoisotopic (exact) mass is 195 g/mol. The molecule has 1 amide bonds. The molecule has 0 N–H and O–H groups in total. The van der Waals surface area contributed by atoms with Gasteiger partial charge < -0.3 is 4.90 Å². The molecule has 0 atom stereocenters. The smallest absolute Gasteiger partial charge is 0.249 e.